The van der Waals surface area contributed by atoms with Crippen molar-refractivity contribution in [1.29, 1.82) is 0 Å². The number of ketones is 1. The maximum absolute atomic E-state index is 12.1. The Labute approximate surface area is 119 Å². The molecule has 110 valence electrons. The molecule has 0 atom stereocenters. The lowest BCUT2D eigenvalue weighted by Gasteiger charge is -2.13. The van der Waals surface area contributed by atoms with Gasteiger partial charge in [0, 0.05) is 12.1 Å². The van der Waals surface area contributed by atoms with Crippen molar-refractivity contribution in [3.05, 3.63) is 17.0 Å². The van der Waals surface area contributed by atoms with Crippen LogP contribution in [0.2, 0.25) is 0 Å². The first-order valence-corrected chi connectivity index (χ1v) is 7.33. The van der Waals surface area contributed by atoms with Gasteiger partial charge in [-0.2, -0.15) is 5.10 Å². The van der Waals surface area contributed by atoms with E-state index in [4.69, 9.17) is 4.74 Å². The molecule has 0 saturated heterocycles. The molecule has 1 aliphatic rings. The second-order valence-electron chi connectivity index (χ2n) is 5.42. The van der Waals surface area contributed by atoms with Crippen molar-refractivity contribution >= 4 is 11.8 Å². The van der Waals surface area contributed by atoms with Crippen molar-refractivity contribution in [2.75, 3.05) is 6.61 Å². The van der Waals surface area contributed by atoms with Gasteiger partial charge >= 0.3 is 5.97 Å². The van der Waals surface area contributed by atoms with Gasteiger partial charge in [-0.05, 0) is 25.7 Å². The lowest BCUT2D eigenvalue weighted by molar-refractivity contribution is -0.143. The summed E-state index contributed by atoms with van der Waals surface area (Å²) < 4.78 is 6.77. The Kier molecular flexibility index (Phi) is 4.57. The molecule has 1 aromatic heterocycles. The van der Waals surface area contributed by atoms with Gasteiger partial charge in [0.15, 0.2) is 5.78 Å². The molecule has 0 aromatic carbocycles. The number of ether oxygens (including phenoxy) is 1. The first-order valence-electron chi connectivity index (χ1n) is 7.33. The lowest BCUT2D eigenvalue weighted by Crippen LogP contribution is -2.16. The molecule has 0 amide bonds. The molecule has 0 aliphatic heterocycles. The van der Waals surface area contributed by atoms with Gasteiger partial charge in [0.1, 0.15) is 0 Å². The average Bonchev–Trinajstić information content (AvgIpc) is 2.77. The molecule has 0 bridgehead atoms. The van der Waals surface area contributed by atoms with Crippen LogP contribution in [0.25, 0.3) is 0 Å². The Hall–Kier alpha value is -1.65. The number of fused-ring (bicyclic) bond motifs is 1. The van der Waals surface area contributed by atoms with Gasteiger partial charge in [0.25, 0.3) is 0 Å². The van der Waals surface area contributed by atoms with Gasteiger partial charge in [-0.1, -0.05) is 13.8 Å². The largest absolute Gasteiger partial charge is 0.466 e. The summed E-state index contributed by atoms with van der Waals surface area (Å²) in [4.78, 5) is 23.6. The number of hydrogen-bond acceptors (Lipinski definition) is 4. The SMILES string of the molecule is CCOC(=O)CCn1nc(C(C)C)c2c1CCCC2=O. The van der Waals surface area contributed by atoms with Crippen LogP contribution in [-0.4, -0.2) is 28.1 Å². The first kappa shape index (κ1) is 14.8. The molecule has 1 aromatic rings. The molecule has 5 heteroatoms. The summed E-state index contributed by atoms with van der Waals surface area (Å²) in [5.41, 5.74) is 2.66. The third kappa shape index (κ3) is 2.92. The van der Waals surface area contributed by atoms with Crippen molar-refractivity contribution in [2.45, 2.75) is 58.9 Å². The summed E-state index contributed by atoms with van der Waals surface area (Å²) in [6.07, 6.45) is 2.64. The number of Topliss-reactive ketones (excluding diaryl/α,β-unsaturated/α-hetero) is 1. The van der Waals surface area contributed by atoms with E-state index in [-0.39, 0.29) is 17.7 Å². The number of aromatic nitrogens is 2. The number of nitrogens with zero attached hydrogens (tertiary/aromatic N) is 2. The Balaban J connectivity index is 2.23. The van der Waals surface area contributed by atoms with Crippen molar-refractivity contribution in [2.24, 2.45) is 0 Å². The molecule has 20 heavy (non-hydrogen) atoms. The van der Waals surface area contributed by atoms with Crippen molar-refractivity contribution in [1.82, 2.24) is 9.78 Å². The van der Waals surface area contributed by atoms with Crippen LogP contribution >= 0.6 is 0 Å². The van der Waals surface area contributed by atoms with E-state index in [9.17, 15) is 9.59 Å². The Morgan fingerprint density at radius 3 is 2.80 bits per heavy atom. The van der Waals surface area contributed by atoms with Crippen LogP contribution in [0.3, 0.4) is 0 Å². The lowest BCUT2D eigenvalue weighted by atomic mass is 9.91. The minimum absolute atomic E-state index is 0.192. The molecule has 0 spiro atoms. The smallest absolute Gasteiger partial charge is 0.307 e. The normalized spacial score (nSPS) is 14.5. The zero-order valence-corrected chi connectivity index (χ0v) is 12.4. The summed E-state index contributed by atoms with van der Waals surface area (Å²) in [5.74, 6) is 0.192. The second kappa shape index (κ2) is 6.20. The van der Waals surface area contributed by atoms with Gasteiger partial charge in [-0.3, -0.25) is 14.3 Å². The molecule has 0 N–H and O–H groups in total. The summed E-state index contributed by atoms with van der Waals surface area (Å²) in [6, 6.07) is 0. The highest BCUT2D eigenvalue weighted by Gasteiger charge is 2.28. The predicted octanol–water partition coefficient (Wildman–Crippen LogP) is 2.48. The molecule has 5 nitrogen and oxygen atoms in total. The number of aryl methyl sites for hydroxylation is 1. The minimum Gasteiger partial charge on any atom is -0.466 e. The molecule has 1 heterocycles. The summed E-state index contributed by atoms with van der Waals surface area (Å²) >= 11 is 0. The summed E-state index contributed by atoms with van der Waals surface area (Å²) in [7, 11) is 0. The standard InChI is InChI=1S/C15H22N2O3/c1-4-20-13(19)8-9-17-11-6-5-7-12(18)14(11)15(16-17)10(2)3/h10H,4-9H2,1-3H3. The Morgan fingerprint density at radius 2 is 2.15 bits per heavy atom. The van der Waals surface area contributed by atoms with Gasteiger partial charge < -0.3 is 4.74 Å². The second-order valence-corrected chi connectivity index (χ2v) is 5.42. The Bertz CT molecular complexity index is 517. The number of carbonyl (C=O) groups is 2. The highest BCUT2D eigenvalue weighted by atomic mass is 16.5. The molecule has 0 unspecified atom stereocenters. The van der Waals surface area contributed by atoms with Crippen LogP contribution in [0.15, 0.2) is 0 Å². The quantitative estimate of drug-likeness (QED) is 0.776. The minimum atomic E-state index is -0.218. The predicted molar refractivity (Wildman–Crippen MR) is 74.8 cm³/mol. The molecule has 0 saturated carbocycles. The van der Waals surface area contributed by atoms with Crippen LogP contribution in [0, 0.1) is 0 Å². The van der Waals surface area contributed by atoms with Gasteiger partial charge in [0.05, 0.1) is 30.8 Å². The average molecular weight is 278 g/mol. The van der Waals surface area contributed by atoms with Crippen molar-refractivity contribution < 1.29 is 14.3 Å². The van der Waals surface area contributed by atoms with Crippen LogP contribution in [0.4, 0.5) is 0 Å². The topological polar surface area (TPSA) is 61.2 Å². The number of carbonyl (C=O) groups excluding carboxylic acids is 2. The third-order valence-corrected chi connectivity index (χ3v) is 3.56. The van der Waals surface area contributed by atoms with E-state index >= 15 is 0 Å². The van der Waals surface area contributed by atoms with Crippen molar-refractivity contribution in [3.63, 3.8) is 0 Å². The van der Waals surface area contributed by atoms with Gasteiger partial charge in [0.2, 0.25) is 0 Å². The summed E-state index contributed by atoms with van der Waals surface area (Å²) in [6.45, 7) is 6.76. The Morgan fingerprint density at radius 1 is 1.40 bits per heavy atom. The van der Waals surface area contributed by atoms with E-state index in [1.807, 2.05) is 18.5 Å². The molecule has 1 aliphatic carbocycles. The van der Waals surface area contributed by atoms with E-state index < -0.39 is 0 Å². The molecule has 0 fully saturated rings. The van der Waals surface area contributed by atoms with E-state index in [1.54, 1.807) is 6.92 Å². The molecular weight excluding hydrogens is 256 g/mol. The zero-order chi connectivity index (χ0) is 14.7. The van der Waals surface area contributed by atoms with Crippen LogP contribution in [-0.2, 0) is 22.5 Å². The number of hydrogen-bond donors (Lipinski definition) is 0. The monoisotopic (exact) mass is 278 g/mol. The summed E-state index contributed by atoms with van der Waals surface area (Å²) in [5, 5.41) is 4.56. The maximum Gasteiger partial charge on any atom is 0.307 e. The fourth-order valence-corrected chi connectivity index (χ4v) is 2.64. The third-order valence-electron chi connectivity index (χ3n) is 3.56. The van der Waals surface area contributed by atoms with Crippen LogP contribution in [0.1, 0.15) is 67.7 Å². The zero-order valence-electron chi connectivity index (χ0n) is 12.4. The fraction of sp³-hybridized carbons (Fsp3) is 0.667. The van der Waals surface area contributed by atoms with Crippen LogP contribution < -0.4 is 0 Å². The highest BCUT2D eigenvalue weighted by molar-refractivity contribution is 5.99. The van der Waals surface area contributed by atoms with E-state index in [0.29, 0.717) is 26.0 Å². The van der Waals surface area contributed by atoms with Gasteiger partial charge in [-0.15, -0.1) is 0 Å². The highest BCUT2D eigenvalue weighted by Crippen LogP contribution is 2.28. The number of rotatable bonds is 5. The molecule has 2 rings (SSSR count). The van der Waals surface area contributed by atoms with E-state index in [0.717, 1.165) is 29.8 Å². The fourth-order valence-electron chi connectivity index (χ4n) is 2.64. The van der Waals surface area contributed by atoms with Gasteiger partial charge in [-0.25, -0.2) is 0 Å². The number of esters is 1. The van der Waals surface area contributed by atoms with Crippen molar-refractivity contribution in [3.8, 4) is 0 Å². The van der Waals surface area contributed by atoms with E-state index in [1.165, 1.54) is 0 Å². The molecule has 0 radical (unpaired) electrons. The first-order chi connectivity index (χ1) is 9.54. The van der Waals surface area contributed by atoms with E-state index in [2.05, 4.69) is 5.10 Å². The van der Waals surface area contributed by atoms with Crippen LogP contribution in [0.5, 0.6) is 0 Å². The molecular formula is C15H22N2O3. The maximum atomic E-state index is 12.1.